The Bertz CT molecular complexity index is 1720. The Hall–Kier alpha value is -1.94. The predicted octanol–water partition coefficient (Wildman–Crippen LogP) is 19.6. The topological polar surface area (TPSA) is 237 Å². The van der Waals surface area contributed by atoms with Crippen molar-refractivity contribution in [1.82, 2.24) is 0 Å². The third kappa shape index (κ3) is 61.6. The predicted molar refractivity (Wildman–Crippen MR) is 354 cm³/mol. The molecule has 19 heteroatoms. The zero-order chi connectivity index (χ0) is 65.0. The first kappa shape index (κ1) is 86.1. The normalized spacial score (nSPS) is 14.5. The lowest BCUT2D eigenvalue weighted by Crippen LogP contribution is -2.30. The first-order valence-electron chi connectivity index (χ1n) is 36.0. The molecule has 0 aromatic heterocycles. The summed E-state index contributed by atoms with van der Waals surface area (Å²) < 4.78 is 68.1. The van der Waals surface area contributed by atoms with Crippen molar-refractivity contribution in [3.8, 4) is 0 Å². The number of carbonyl (C=O) groups excluding carboxylic acids is 4. The minimum absolute atomic E-state index is 0.102. The number of unbranched alkanes of at least 4 members (excludes halogenated alkanes) is 37. The Morgan fingerprint density at radius 2 is 0.580 bits per heavy atom. The van der Waals surface area contributed by atoms with Crippen molar-refractivity contribution in [3.05, 3.63) is 0 Å². The molecule has 6 atom stereocenters. The molecule has 3 N–H and O–H groups in total. The lowest BCUT2D eigenvalue weighted by atomic mass is 9.99. The molecule has 0 rings (SSSR count). The highest BCUT2D eigenvalue weighted by Crippen LogP contribution is 2.45. The van der Waals surface area contributed by atoms with E-state index in [0.717, 1.165) is 95.8 Å². The molecule has 0 fully saturated rings. The lowest BCUT2D eigenvalue weighted by molar-refractivity contribution is -0.161. The maximum Gasteiger partial charge on any atom is 0.472 e. The zero-order valence-electron chi connectivity index (χ0n) is 57.0. The number of aliphatic hydroxyl groups is 1. The Morgan fingerprint density at radius 1 is 0.330 bits per heavy atom. The maximum absolute atomic E-state index is 13.0. The van der Waals surface area contributed by atoms with Crippen molar-refractivity contribution in [2.24, 2.45) is 11.8 Å². The van der Waals surface area contributed by atoms with E-state index in [9.17, 15) is 43.2 Å². The molecule has 0 radical (unpaired) electrons. The van der Waals surface area contributed by atoms with Crippen LogP contribution in [0.5, 0.6) is 0 Å². The van der Waals surface area contributed by atoms with E-state index in [4.69, 9.17) is 37.0 Å². The summed E-state index contributed by atoms with van der Waals surface area (Å²) in [5, 5.41) is 10.6. The highest BCUT2D eigenvalue weighted by molar-refractivity contribution is 7.47. The van der Waals surface area contributed by atoms with E-state index in [0.29, 0.717) is 31.6 Å². The van der Waals surface area contributed by atoms with Gasteiger partial charge in [-0.25, -0.2) is 9.13 Å². The van der Waals surface area contributed by atoms with E-state index < -0.39 is 97.5 Å². The highest BCUT2D eigenvalue weighted by atomic mass is 31.2. The standard InChI is InChI=1S/C69H134O17P2/c1-7-10-12-14-16-18-19-25-29-33-40-46-52-67(72)80-57-64(85-68(73)53-47-41-34-30-26-23-21-20-22-24-28-31-38-44-50-62(6)9-3)59-83-87(75,76)81-55-63(70)56-82-88(77,78)84-60-65(86-69(74)54-48-42-36-35-37-43-49-61(4)5)58-79-66(71)51-45-39-32-27-17-15-13-11-8-2/h61-65,70H,7-60H2,1-6H3,(H,75,76)(H,77,78)/t62?,63-,64-,65-/m1/s1. The molecular formula is C69H134O17P2. The molecule has 0 aliphatic rings. The summed E-state index contributed by atoms with van der Waals surface area (Å²) in [6.45, 7) is 9.48. The van der Waals surface area contributed by atoms with Crippen LogP contribution in [-0.2, 0) is 65.4 Å². The largest absolute Gasteiger partial charge is 0.472 e. The van der Waals surface area contributed by atoms with Crippen LogP contribution in [0.15, 0.2) is 0 Å². The molecule has 0 aromatic rings. The monoisotopic (exact) mass is 1300 g/mol. The highest BCUT2D eigenvalue weighted by Gasteiger charge is 2.30. The molecule has 3 unspecified atom stereocenters. The van der Waals surface area contributed by atoms with E-state index in [1.807, 2.05) is 0 Å². The first-order chi connectivity index (χ1) is 42.4. The molecule has 0 aliphatic carbocycles. The number of hydrogen-bond acceptors (Lipinski definition) is 15. The molecule has 0 bridgehead atoms. The molecule has 522 valence electrons. The van der Waals surface area contributed by atoms with Gasteiger partial charge in [0.05, 0.1) is 26.4 Å². The summed E-state index contributed by atoms with van der Waals surface area (Å²) in [6, 6.07) is 0. The summed E-state index contributed by atoms with van der Waals surface area (Å²) in [7, 11) is -9.89. The quantitative estimate of drug-likeness (QED) is 0.0222. The Morgan fingerprint density at radius 3 is 0.864 bits per heavy atom. The smallest absolute Gasteiger partial charge is 0.462 e. The van der Waals surface area contributed by atoms with Gasteiger partial charge in [-0.1, -0.05) is 298 Å². The number of ether oxygens (including phenoxy) is 4. The van der Waals surface area contributed by atoms with Crippen molar-refractivity contribution < 1.29 is 80.2 Å². The molecule has 17 nitrogen and oxygen atoms in total. The van der Waals surface area contributed by atoms with Crippen LogP contribution in [0.4, 0.5) is 0 Å². The fourth-order valence-corrected chi connectivity index (χ4v) is 12.0. The molecule has 0 spiro atoms. The Balaban J connectivity index is 5.20. The summed E-state index contributed by atoms with van der Waals surface area (Å²) in [6.07, 6.45) is 45.9. The molecule has 0 aliphatic heterocycles. The fourth-order valence-electron chi connectivity index (χ4n) is 10.4. The molecule has 0 aromatic carbocycles. The number of rotatable bonds is 68. The van der Waals surface area contributed by atoms with Gasteiger partial charge in [0, 0.05) is 25.7 Å². The van der Waals surface area contributed by atoms with Gasteiger partial charge >= 0.3 is 39.5 Å². The SMILES string of the molecule is CCCCCCCCCCCCCCC(=O)OC[C@H](COP(=O)(O)OC[C@@H](O)COP(=O)(O)OC[C@@H](COC(=O)CCCCCCCCCCC)OC(=O)CCCCCCCCC(C)C)OC(=O)CCCCCCCCCCCCCCCCC(C)CC. The second-order valence-corrected chi connectivity index (χ2v) is 28.5. The Kier molecular flexibility index (Phi) is 59.9. The summed E-state index contributed by atoms with van der Waals surface area (Å²) in [4.78, 5) is 72.4. The average Bonchev–Trinajstić information content (AvgIpc) is 3.71. The van der Waals surface area contributed by atoms with Crippen LogP contribution in [0.25, 0.3) is 0 Å². The van der Waals surface area contributed by atoms with Crippen LogP contribution < -0.4 is 0 Å². The van der Waals surface area contributed by atoms with E-state index in [-0.39, 0.29) is 25.7 Å². The number of aliphatic hydroxyl groups excluding tert-OH is 1. The maximum atomic E-state index is 13.0. The molecule has 0 saturated heterocycles. The Labute approximate surface area is 537 Å². The van der Waals surface area contributed by atoms with E-state index in [1.54, 1.807) is 0 Å². The van der Waals surface area contributed by atoms with Gasteiger partial charge in [-0.05, 0) is 37.5 Å². The minimum Gasteiger partial charge on any atom is -0.462 e. The number of phosphoric ester groups is 2. The third-order valence-corrected chi connectivity index (χ3v) is 18.2. The van der Waals surface area contributed by atoms with Crippen LogP contribution in [0.1, 0.15) is 350 Å². The van der Waals surface area contributed by atoms with Crippen molar-refractivity contribution in [1.29, 1.82) is 0 Å². The van der Waals surface area contributed by atoms with Crippen LogP contribution in [0.3, 0.4) is 0 Å². The third-order valence-electron chi connectivity index (χ3n) is 16.3. The van der Waals surface area contributed by atoms with Gasteiger partial charge in [-0.2, -0.15) is 0 Å². The van der Waals surface area contributed by atoms with Gasteiger partial charge in [0.2, 0.25) is 0 Å². The molecule has 0 amide bonds. The number of phosphoric acid groups is 2. The summed E-state index contributed by atoms with van der Waals surface area (Å²) in [5.74, 6) is -0.615. The van der Waals surface area contributed by atoms with Crippen molar-refractivity contribution in [2.75, 3.05) is 39.6 Å². The molecule has 88 heavy (non-hydrogen) atoms. The zero-order valence-corrected chi connectivity index (χ0v) is 58.8. The first-order valence-corrected chi connectivity index (χ1v) is 39.0. The van der Waals surface area contributed by atoms with Crippen LogP contribution >= 0.6 is 15.6 Å². The van der Waals surface area contributed by atoms with Crippen molar-refractivity contribution >= 4 is 39.5 Å². The van der Waals surface area contributed by atoms with Crippen molar-refractivity contribution in [2.45, 2.75) is 368 Å². The number of carbonyl (C=O) groups is 4. The van der Waals surface area contributed by atoms with Crippen LogP contribution in [0, 0.1) is 11.8 Å². The fraction of sp³-hybridized carbons (Fsp3) is 0.942. The van der Waals surface area contributed by atoms with Gasteiger partial charge in [-0.3, -0.25) is 37.3 Å². The average molecular weight is 1300 g/mol. The lowest BCUT2D eigenvalue weighted by Gasteiger charge is -2.21. The second-order valence-electron chi connectivity index (χ2n) is 25.6. The van der Waals surface area contributed by atoms with E-state index in [1.165, 1.54) is 167 Å². The summed E-state index contributed by atoms with van der Waals surface area (Å²) in [5.41, 5.74) is 0. The number of esters is 4. The molecule has 0 heterocycles. The second kappa shape index (κ2) is 61.3. The molecule has 0 saturated carbocycles. The molecular weight excluding hydrogens is 1160 g/mol. The van der Waals surface area contributed by atoms with Gasteiger partial charge < -0.3 is 33.8 Å². The van der Waals surface area contributed by atoms with Crippen LogP contribution in [0.2, 0.25) is 0 Å². The summed E-state index contributed by atoms with van der Waals surface area (Å²) >= 11 is 0. The minimum atomic E-state index is -4.95. The number of hydrogen-bond donors (Lipinski definition) is 3. The van der Waals surface area contributed by atoms with E-state index >= 15 is 0 Å². The van der Waals surface area contributed by atoms with Gasteiger partial charge in [-0.15, -0.1) is 0 Å². The van der Waals surface area contributed by atoms with Crippen LogP contribution in [-0.4, -0.2) is 96.7 Å². The van der Waals surface area contributed by atoms with Gasteiger partial charge in [0.15, 0.2) is 12.2 Å². The van der Waals surface area contributed by atoms with Gasteiger partial charge in [0.1, 0.15) is 19.3 Å². The van der Waals surface area contributed by atoms with Gasteiger partial charge in [0.25, 0.3) is 0 Å². The van der Waals surface area contributed by atoms with Crippen molar-refractivity contribution in [3.63, 3.8) is 0 Å². The van der Waals surface area contributed by atoms with E-state index in [2.05, 4.69) is 41.5 Å².